The highest BCUT2D eigenvalue weighted by Gasteiger charge is 2.46. The van der Waals surface area contributed by atoms with Gasteiger partial charge in [-0.2, -0.15) is 0 Å². The minimum absolute atomic E-state index is 0.126. The normalized spacial score (nSPS) is 25.9. The third kappa shape index (κ3) is 1.74. The average molecular weight is 197 g/mol. The van der Waals surface area contributed by atoms with Crippen molar-refractivity contribution in [2.45, 2.75) is 44.6 Å². The van der Waals surface area contributed by atoms with Gasteiger partial charge in [0.05, 0.1) is 0 Å². The van der Waals surface area contributed by atoms with E-state index in [4.69, 9.17) is 5.11 Å². The zero-order valence-corrected chi connectivity index (χ0v) is 8.08. The topological polar surface area (TPSA) is 66.4 Å². The fourth-order valence-corrected chi connectivity index (χ4v) is 2.73. The van der Waals surface area contributed by atoms with Crippen LogP contribution in [0.5, 0.6) is 0 Å². The Bertz CT molecular complexity index is 257. The van der Waals surface area contributed by atoms with Gasteiger partial charge in [0, 0.05) is 18.9 Å². The molecule has 2 N–H and O–H groups in total. The van der Waals surface area contributed by atoms with E-state index in [1.165, 1.54) is 0 Å². The number of carbonyl (C=O) groups is 2. The van der Waals surface area contributed by atoms with Crippen LogP contribution in [0.1, 0.15) is 38.5 Å². The number of carboxylic acid groups (broad SMARTS) is 1. The summed E-state index contributed by atoms with van der Waals surface area (Å²) in [5.74, 6) is 0.366. The molecule has 0 heterocycles. The van der Waals surface area contributed by atoms with Crippen molar-refractivity contribution in [2.24, 2.45) is 5.41 Å². The number of Topliss-reactive ketones (excluding diaryl/α,β-unsaturated/α-hetero) is 1. The molecular weight excluding hydrogens is 182 g/mol. The van der Waals surface area contributed by atoms with Gasteiger partial charge >= 0.3 is 6.09 Å². The summed E-state index contributed by atoms with van der Waals surface area (Å²) in [5.41, 5.74) is 0.293. The second-order valence-corrected chi connectivity index (χ2v) is 4.59. The molecule has 1 spiro atoms. The quantitative estimate of drug-likeness (QED) is 0.670. The number of ketones is 1. The second kappa shape index (κ2) is 3.26. The summed E-state index contributed by atoms with van der Waals surface area (Å²) in [5, 5.41) is 11.0. The van der Waals surface area contributed by atoms with Gasteiger partial charge in [0.25, 0.3) is 0 Å². The smallest absolute Gasteiger partial charge is 0.404 e. The lowest BCUT2D eigenvalue weighted by atomic mass is 9.58. The molecule has 2 fully saturated rings. The molecule has 4 heteroatoms. The lowest BCUT2D eigenvalue weighted by molar-refractivity contribution is -0.124. The average Bonchev–Trinajstić information content (AvgIpc) is 2.05. The Kier molecular flexibility index (Phi) is 2.21. The van der Waals surface area contributed by atoms with Crippen molar-refractivity contribution < 1.29 is 14.7 Å². The van der Waals surface area contributed by atoms with Crippen molar-refractivity contribution in [1.82, 2.24) is 5.32 Å². The molecule has 2 saturated carbocycles. The van der Waals surface area contributed by atoms with Crippen LogP contribution in [0.25, 0.3) is 0 Å². The van der Waals surface area contributed by atoms with Crippen LogP contribution in [0.2, 0.25) is 0 Å². The van der Waals surface area contributed by atoms with Crippen molar-refractivity contribution >= 4 is 11.9 Å². The van der Waals surface area contributed by atoms with Crippen molar-refractivity contribution in [3.63, 3.8) is 0 Å². The highest BCUT2D eigenvalue weighted by atomic mass is 16.4. The largest absolute Gasteiger partial charge is 0.465 e. The fourth-order valence-electron chi connectivity index (χ4n) is 2.73. The number of amides is 1. The van der Waals surface area contributed by atoms with Crippen molar-refractivity contribution in [3.05, 3.63) is 0 Å². The van der Waals surface area contributed by atoms with Gasteiger partial charge in [-0.25, -0.2) is 4.79 Å². The monoisotopic (exact) mass is 197 g/mol. The van der Waals surface area contributed by atoms with E-state index >= 15 is 0 Å². The molecule has 14 heavy (non-hydrogen) atoms. The van der Waals surface area contributed by atoms with E-state index in [1.807, 2.05) is 0 Å². The summed E-state index contributed by atoms with van der Waals surface area (Å²) in [6, 6.07) is 0.126. The third-order valence-corrected chi connectivity index (χ3v) is 3.55. The Morgan fingerprint density at radius 2 is 1.93 bits per heavy atom. The lowest BCUT2D eigenvalue weighted by Gasteiger charge is -2.49. The van der Waals surface area contributed by atoms with E-state index < -0.39 is 6.09 Å². The van der Waals surface area contributed by atoms with Gasteiger partial charge < -0.3 is 10.4 Å². The Balaban J connectivity index is 1.80. The Morgan fingerprint density at radius 3 is 2.43 bits per heavy atom. The van der Waals surface area contributed by atoms with Gasteiger partial charge in [-0.1, -0.05) is 0 Å². The number of nitrogens with one attached hydrogen (secondary N) is 1. The van der Waals surface area contributed by atoms with Crippen LogP contribution < -0.4 is 5.32 Å². The highest BCUT2D eigenvalue weighted by Crippen LogP contribution is 2.50. The standard InChI is InChI=1S/C10H15NO3/c12-8-1-3-10(4-2-8)5-7(6-10)11-9(13)14/h7,11H,1-6H2,(H,13,14). The number of rotatable bonds is 1. The third-order valence-electron chi connectivity index (χ3n) is 3.55. The maximum atomic E-state index is 11.0. The van der Waals surface area contributed by atoms with Crippen molar-refractivity contribution in [1.29, 1.82) is 0 Å². The first-order chi connectivity index (χ1) is 6.60. The molecule has 0 aliphatic heterocycles. The van der Waals surface area contributed by atoms with Crippen LogP contribution in [0, 0.1) is 5.41 Å². The maximum absolute atomic E-state index is 11.0. The molecule has 0 aromatic carbocycles. The van der Waals surface area contributed by atoms with Crippen molar-refractivity contribution in [2.75, 3.05) is 0 Å². The van der Waals surface area contributed by atoms with Crippen LogP contribution in [0.3, 0.4) is 0 Å². The molecule has 2 rings (SSSR count). The van der Waals surface area contributed by atoms with Crippen LogP contribution in [-0.4, -0.2) is 23.0 Å². The van der Waals surface area contributed by atoms with Gasteiger partial charge in [0.1, 0.15) is 5.78 Å². The Hall–Kier alpha value is -1.06. The van der Waals surface area contributed by atoms with E-state index in [0.29, 0.717) is 24.0 Å². The van der Waals surface area contributed by atoms with E-state index in [1.54, 1.807) is 0 Å². The van der Waals surface area contributed by atoms with Crippen LogP contribution in [-0.2, 0) is 4.79 Å². The van der Waals surface area contributed by atoms with Gasteiger partial charge in [0.15, 0.2) is 0 Å². The van der Waals surface area contributed by atoms with Crippen LogP contribution in [0.15, 0.2) is 0 Å². The molecule has 2 aliphatic carbocycles. The molecule has 1 amide bonds. The number of carbonyl (C=O) groups excluding carboxylic acids is 1. The first-order valence-electron chi connectivity index (χ1n) is 5.11. The molecule has 0 aromatic heterocycles. The van der Waals surface area contributed by atoms with Gasteiger partial charge in [-0.3, -0.25) is 4.79 Å². The molecule has 0 radical (unpaired) electrons. The van der Waals surface area contributed by atoms with E-state index in [2.05, 4.69) is 5.32 Å². The minimum atomic E-state index is -0.934. The van der Waals surface area contributed by atoms with Crippen LogP contribution >= 0.6 is 0 Å². The van der Waals surface area contributed by atoms with Gasteiger partial charge in [0.2, 0.25) is 0 Å². The molecule has 0 atom stereocenters. The summed E-state index contributed by atoms with van der Waals surface area (Å²) >= 11 is 0. The second-order valence-electron chi connectivity index (χ2n) is 4.59. The first-order valence-corrected chi connectivity index (χ1v) is 5.11. The molecular formula is C10H15NO3. The van der Waals surface area contributed by atoms with Crippen LogP contribution in [0.4, 0.5) is 4.79 Å². The predicted octanol–water partition coefficient (Wildman–Crippen LogP) is 1.55. The molecule has 0 bridgehead atoms. The molecule has 4 nitrogen and oxygen atoms in total. The predicted molar refractivity (Wildman–Crippen MR) is 50.1 cm³/mol. The molecule has 0 aromatic rings. The number of hydrogen-bond donors (Lipinski definition) is 2. The zero-order valence-electron chi connectivity index (χ0n) is 8.08. The van der Waals surface area contributed by atoms with Crippen molar-refractivity contribution in [3.8, 4) is 0 Å². The first kappa shape index (κ1) is 9.49. The summed E-state index contributed by atoms with van der Waals surface area (Å²) in [6.45, 7) is 0. The summed E-state index contributed by atoms with van der Waals surface area (Å²) in [4.78, 5) is 21.4. The number of hydrogen-bond acceptors (Lipinski definition) is 2. The molecule has 0 saturated heterocycles. The Morgan fingerprint density at radius 1 is 1.36 bits per heavy atom. The van der Waals surface area contributed by atoms with E-state index in [0.717, 1.165) is 25.7 Å². The fraction of sp³-hybridized carbons (Fsp3) is 0.800. The summed E-state index contributed by atoms with van der Waals surface area (Å²) in [6.07, 6.45) is 4.23. The summed E-state index contributed by atoms with van der Waals surface area (Å²) in [7, 11) is 0. The van der Waals surface area contributed by atoms with Gasteiger partial charge in [-0.15, -0.1) is 0 Å². The molecule has 0 unspecified atom stereocenters. The zero-order chi connectivity index (χ0) is 10.2. The maximum Gasteiger partial charge on any atom is 0.404 e. The summed E-state index contributed by atoms with van der Waals surface area (Å²) < 4.78 is 0. The Labute approximate surface area is 82.7 Å². The van der Waals surface area contributed by atoms with E-state index in [-0.39, 0.29) is 6.04 Å². The van der Waals surface area contributed by atoms with Gasteiger partial charge in [-0.05, 0) is 31.1 Å². The molecule has 2 aliphatic rings. The highest BCUT2D eigenvalue weighted by molar-refractivity contribution is 5.79. The van der Waals surface area contributed by atoms with E-state index in [9.17, 15) is 9.59 Å². The SMILES string of the molecule is O=C1CCC2(CC1)CC(NC(=O)O)C2. The minimum Gasteiger partial charge on any atom is -0.465 e. The lowest BCUT2D eigenvalue weighted by Crippen LogP contribution is -2.51. The molecule has 78 valence electrons.